The van der Waals surface area contributed by atoms with E-state index >= 15 is 0 Å². The number of hydrogen-bond acceptors (Lipinski definition) is 3. The topological polar surface area (TPSA) is 61.8 Å². The van der Waals surface area contributed by atoms with Crippen LogP contribution in [-0.4, -0.2) is 29.8 Å². The van der Waals surface area contributed by atoms with Crippen LogP contribution in [0.5, 0.6) is 0 Å². The molecule has 0 bridgehead atoms. The first kappa shape index (κ1) is 16.2. The number of nitrogens with one attached hydrogen (secondary N) is 1. The third-order valence-electron chi connectivity index (χ3n) is 3.24. The minimum atomic E-state index is -0.262. The van der Waals surface area contributed by atoms with Crippen LogP contribution in [0.15, 0.2) is 41.6 Å². The first-order valence-electron chi connectivity index (χ1n) is 6.70. The highest BCUT2D eigenvalue weighted by atomic mass is 17.1. The maximum Gasteiger partial charge on any atom is 0.322 e. The third-order valence-corrected chi connectivity index (χ3v) is 3.24. The SMILES string of the molecule is CC.CC1=C(COO)C(c2ccccc2)NC(=O)N1C. The second-order valence-electron chi connectivity index (χ2n) is 4.24. The Balaban J connectivity index is 0.000000956. The van der Waals surface area contributed by atoms with E-state index < -0.39 is 0 Å². The first-order valence-corrected chi connectivity index (χ1v) is 6.70. The van der Waals surface area contributed by atoms with Crippen LogP contribution in [0.4, 0.5) is 4.79 Å². The van der Waals surface area contributed by atoms with Crippen molar-refractivity contribution in [2.45, 2.75) is 26.8 Å². The summed E-state index contributed by atoms with van der Waals surface area (Å²) >= 11 is 0. The molecule has 0 fully saturated rings. The normalized spacial score (nSPS) is 18.4. The fourth-order valence-corrected chi connectivity index (χ4v) is 2.07. The van der Waals surface area contributed by atoms with Crippen LogP contribution in [0.1, 0.15) is 32.4 Å². The summed E-state index contributed by atoms with van der Waals surface area (Å²) in [6.07, 6.45) is 0. The van der Waals surface area contributed by atoms with Gasteiger partial charge in [-0.25, -0.2) is 9.68 Å². The van der Waals surface area contributed by atoms with Crippen LogP contribution >= 0.6 is 0 Å². The summed E-state index contributed by atoms with van der Waals surface area (Å²) in [5, 5.41) is 11.6. The molecule has 1 aromatic carbocycles. The number of amides is 2. The second-order valence-corrected chi connectivity index (χ2v) is 4.24. The number of hydrogen-bond donors (Lipinski definition) is 2. The Morgan fingerprint density at radius 1 is 1.30 bits per heavy atom. The quantitative estimate of drug-likeness (QED) is 0.659. The molecule has 1 heterocycles. The molecule has 0 saturated heterocycles. The predicted octanol–water partition coefficient (Wildman–Crippen LogP) is 3.17. The summed E-state index contributed by atoms with van der Waals surface area (Å²) in [5.41, 5.74) is 2.60. The van der Waals surface area contributed by atoms with E-state index in [9.17, 15) is 4.79 Å². The molecule has 0 spiro atoms. The number of nitrogens with zero attached hydrogens (tertiary/aromatic N) is 1. The van der Waals surface area contributed by atoms with Crippen molar-refractivity contribution in [3.63, 3.8) is 0 Å². The summed E-state index contributed by atoms with van der Waals surface area (Å²) in [6, 6.07) is 9.17. The Hall–Kier alpha value is -1.85. The van der Waals surface area contributed by atoms with Gasteiger partial charge in [0, 0.05) is 18.3 Å². The average molecular weight is 278 g/mol. The summed E-state index contributed by atoms with van der Waals surface area (Å²) in [6.45, 7) is 5.90. The van der Waals surface area contributed by atoms with Crippen LogP contribution in [0.25, 0.3) is 0 Å². The Labute approximate surface area is 119 Å². The van der Waals surface area contributed by atoms with E-state index in [0.29, 0.717) is 0 Å². The van der Waals surface area contributed by atoms with Gasteiger partial charge in [0.2, 0.25) is 0 Å². The minimum Gasteiger partial charge on any atom is -0.327 e. The Kier molecular flexibility index (Phi) is 6.21. The van der Waals surface area contributed by atoms with Crippen molar-refractivity contribution in [1.29, 1.82) is 0 Å². The molecule has 2 amide bonds. The lowest BCUT2D eigenvalue weighted by atomic mass is 9.96. The van der Waals surface area contributed by atoms with Gasteiger partial charge in [0.25, 0.3) is 0 Å². The highest BCUT2D eigenvalue weighted by Crippen LogP contribution is 2.29. The van der Waals surface area contributed by atoms with Gasteiger partial charge in [-0.2, -0.15) is 0 Å². The molecule has 0 aromatic heterocycles. The molecule has 5 heteroatoms. The number of allylic oxidation sites excluding steroid dienone is 1. The van der Waals surface area contributed by atoms with E-state index in [-0.39, 0.29) is 18.7 Å². The molecule has 1 aliphatic heterocycles. The molecule has 0 radical (unpaired) electrons. The van der Waals surface area contributed by atoms with Crippen molar-refractivity contribution in [1.82, 2.24) is 10.2 Å². The van der Waals surface area contributed by atoms with Crippen molar-refractivity contribution in [3.8, 4) is 0 Å². The maximum atomic E-state index is 11.8. The molecule has 0 saturated carbocycles. The second kappa shape index (κ2) is 7.67. The van der Waals surface area contributed by atoms with Gasteiger partial charge in [-0.05, 0) is 12.5 Å². The standard InChI is InChI=1S/C13H16N2O3.C2H6/c1-9-11(8-18-17)12(14-13(16)15(9)2)10-6-4-3-5-7-10;1-2/h3-7,12,17H,8H2,1-2H3,(H,14,16);1-2H3. The van der Waals surface area contributed by atoms with Gasteiger partial charge in [0.1, 0.15) is 6.61 Å². The molecule has 5 nitrogen and oxygen atoms in total. The lowest BCUT2D eigenvalue weighted by Crippen LogP contribution is -2.45. The zero-order valence-corrected chi connectivity index (χ0v) is 12.4. The summed E-state index contributed by atoms with van der Waals surface area (Å²) in [7, 11) is 1.68. The minimum absolute atomic E-state index is 0.0655. The fourth-order valence-electron chi connectivity index (χ4n) is 2.07. The molecule has 1 unspecified atom stereocenters. The summed E-state index contributed by atoms with van der Waals surface area (Å²) in [4.78, 5) is 17.6. The average Bonchev–Trinajstić information content (AvgIpc) is 2.50. The molecule has 2 rings (SSSR count). The lowest BCUT2D eigenvalue weighted by molar-refractivity contribution is -0.235. The van der Waals surface area contributed by atoms with Crippen LogP contribution in [0, 0.1) is 0 Å². The van der Waals surface area contributed by atoms with Gasteiger partial charge in [0.05, 0.1) is 6.04 Å². The molecule has 2 N–H and O–H groups in total. The highest BCUT2D eigenvalue weighted by Gasteiger charge is 2.29. The molecule has 1 aromatic rings. The third kappa shape index (κ3) is 3.37. The smallest absolute Gasteiger partial charge is 0.322 e. The van der Waals surface area contributed by atoms with Crippen LogP contribution in [0.3, 0.4) is 0 Å². The lowest BCUT2D eigenvalue weighted by Gasteiger charge is -2.33. The number of rotatable bonds is 3. The van der Waals surface area contributed by atoms with Crippen molar-refractivity contribution in [2.24, 2.45) is 0 Å². The van der Waals surface area contributed by atoms with Gasteiger partial charge in [-0.15, -0.1) is 0 Å². The fraction of sp³-hybridized carbons (Fsp3) is 0.400. The zero-order chi connectivity index (χ0) is 15.1. The van der Waals surface area contributed by atoms with Crippen molar-refractivity contribution in [2.75, 3.05) is 13.7 Å². The number of carbonyl (C=O) groups is 1. The van der Waals surface area contributed by atoms with Gasteiger partial charge < -0.3 is 10.2 Å². The van der Waals surface area contributed by atoms with E-state index in [1.807, 2.05) is 51.1 Å². The largest absolute Gasteiger partial charge is 0.327 e. The van der Waals surface area contributed by atoms with Crippen LogP contribution in [-0.2, 0) is 4.89 Å². The van der Waals surface area contributed by atoms with Crippen LogP contribution in [0.2, 0.25) is 0 Å². The van der Waals surface area contributed by atoms with E-state index in [1.54, 1.807) is 7.05 Å². The van der Waals surface area contributed by atoms with Gasteiger partial charge >= 0.3 is 6.03 Å². The molecular weight excluding hydrogens is 256 g/mol. The Morgan fingerprint density at radius 2 is 1.90 bits per heavy atom. The van der Waals surface area contributed by atoms with Crippen molar-refractivity contribution >= 4 is 6.03 Å². The molecule has 1 aliphatic rings. The van der Waals surface area contributed by atoms with Crippen molar-refractivity contribution < 1.29 is 14.9 Å². The number of urea groups is 1. The maximum absolute atomic E-state index is 11.8. The summed E-state index contributed by atoms with van der Waals surface area (Å²) < 4.78 is 0. The molecular formula is C15H22N2O3. The number of benzene rings is 1. The predicted molar refractivity (Wildman–Crippen MR) is 78.1 cm³/mol. The van der Waals surface area contributed by atoms with Crippen molar-refractivity contribution in [3.05, 3.63) is 47.2 Å². The summed E-state index contributed by atoms with van der Waals surface area (Å²) in [5.74, 6) is 0. The molecule has 110 valence electrons. The Morgan fingerprint density at radius 3 is 2.45 bits per heavy atom. The van der Waals surface area contributed by atoms with Crippen LogP contribution < -0.4 is 5.32 Å². The highest BCUT2D eigenvalue weighted by molar-refractivity contribution is 5.78. The molecule has 1 atom stereocenters. The van der Waals surface area contributed by atoms with E-state index in [2.05, 4.69) is 10.2 Å². The molecule has 20 heavy (non-hydrogen) atoms. The van der Waals surface area contributed by atoms with E-state index in [4.69, 9.17) is 5.26 Å². The monoisotopic (exact) mass is 278 g/mol. The van der Waals surface area contributed by atoms with Gasteiger partial charge in [-0.1, -0.05) is 44.2 Å². The number of carbonyl (C=O) groups excluding carboxylic acids is 1. The zero-order valence-electron chi connectivity index (χ0n) is 12.4. The first-order chi connectivity index (χ1) is 9.65. The molecule has 0 aliphatic carbocycles. The van der Waals surface area contributed by atoms with Gasteiger partial charge in [-0.3, -0.25) is 5.26 Å². The van der Waals surface area contributed by atoms with E-state index in [1.165, 1.54) is 4.90 Å². The van der Waals surface area contributed by atoms with E-state index in [0.717, 1.165) is 16.8 Å². The Bertz CT molecular complexity index is 471. The van der Waals surface area contributed by atoms with Gasteiger partial charge in [0.15, 0.2) is 0 Å².